The van der Waals surface area contributed by atoms with E-state index in [9.17, 15) is 0 Å². The molecule has 0 aliphatic carbocycles. The molecule has 2 aromatic rings. The minimum Gasteiger partial charge on any atom is -0.348 e. The first kappa shape index (κ1) is 10.8. The number of fused-ring (bicyclic) bond motifs is 1. The lowest BCUT2D eigenvalue weighted by atomic mass is 9.84. The summed E-state index contributed by atoms with van der Waals surface area (Å²) in [5, 5.41) is 1.27. The summed E-state index contributed by atoms with van der Waals surface area (Å²) in [7, 11) is 2.09. The second-order valence-corrected chi connectivity index (χ2v) is 4.81. The van der Waals surface area contributed by atoms with Crippen LogP contribution in [0.3, 0.4) is 0 Å². The van der Waals surface area contributed by atoms with Crippen molar-refractivity contribution in [2.45, 2.75) is 26.2 Å². The van der Waals surface area contributed by atoms with Crippen molar-refractivity contribution in [1.82, 2.24) is 4.57 Å². The average Bonchev–Trinajstić information content (AvgIpc) is 2.53. The number of hydrogen-bond donors (Lipinski definition) is 0. The molecule has 1 aromatic heterocycles. The molecule has 0 atom stereocenters. The lowest BCUT2D eigenvalue weighted by Gasteiger charge is -2.18. The number of terminal acetylenes is 1. The fourth-order valence-corrected chi connectivity index (χ4v) is 2.38. The van der Waals surface area contributed by atoms with Crippen LogP contribution in [0.2, 0.25) is 0 Å². The van der Waals surface area contributed by atoms with Crippen LogP contribution >= 0.6 is 0 Å². The van der Waals surface area contributed by atoms with Crippen LogP contribution in [0, 0.1) is 19.3 Å². The van der Waals surface area contributed by atoms with E-state index >= 15 is 0 Å². The Kier molecular flexibility index (Phi) is 2.31. The van der Waals surface area contributed by atoms with Crippen molar-refractivity contribution in [1.29, 1.82) is 0 Å². The maximum absolute atomic E-state index is 5.65. The van der Waals surface area contributed by atoms with Crippen LogP contribution in [0.4, 0.5) is 0 Å². The van der Waals surface area contributed by atoms with E-state index in [1.165, 1.54) is 22.2 Å². The number of aryl methyl sites for hydroxylation is 1. The predicted molar refractivity (Wildman–Crippen MR) is 69.5 cm³/mol. The molecule has 0 saturated carbocycles. The van der Waals surface area contributed by atoms with Crippen molar-refractivity contribution in [3.8, 4) is 12.3 Å². The number of nitrogens with zero attached hydrogens (tertiary/aromatic N) is 1. The number of rotatable bonds is 1. The Bertz CT molecular complexity index is 579. The lowest BCUT2D eigenvalue weighted by Crippen LogP contribution is -2.15. The first-order valence-electron chi connectivity index (χ1n) is 5.51. The summed E-state index contributed by atoms with van der Waals surface area (Å²) >= 11 is 0. The van der Waals surface area contributed by atoms with Gasteiger partial charge in [-0.25, -0.2) is 0 Å². The second kappa shape index (κ2) is 3.42. The fourth-order valence-electron chi connectivity index (χ4n) is 2.38. The summed E-state index contributed by atoms with van der Waals surface area (Å²) in [4.78, 5) is 0. The number of aromatic nitrogens is 1. The van der Waals surface area contributed by atoms with Gasteiger partial charge in [0, 0.05) is 23.6 Å². The van der Waals surface area contributed by atoms with Gasteiger partial charge in [0.1, 0.15) is 0 Å². The van der Waals surface area contributed by atoms with E-state index in [2.05, 4.69) is 62.6 Å². The van der Waals surface area contributed by atoms with Gasteiger partial charge < -0.3 is 4.57 Å². The van der Waals surface area contributed by atoms with Crippen LogP contribution in [-0.4, -0.2) is 4.57 Å². The smallest absolute Gasteiger partial charge is 0.0527 e. The molecule has 16 heavy (non-hydrogen) atoms. The lowest BCUT2D eigenvalue weighted by molar-refractivity contribution is 0.691. The Morgan fingerprint density at radius 3 is 2.50 bits per heavy atom. The van der Waals surface area contributed by atoms with E-state index in [1.807, 2.05) is 0 Å². The molecule has 0 bridgehead atoms. The van der Waals surface area contributed by atoms with Crippen molar-refractivity contribution < 1.29 is 0 Å². The molecular formula is C15H17N. The van der Waals surface area contributed by atoms with Crippen molar-refractivity contribution >= 4 is 10.9 Å². The van der Waals surface area contributed by atoms with Crippen LogP contribution in [0.5, 0.6) is 0 Å². The van der Waals surface area contributed by atoms with Crippen LogP contribution in [0.15, 0.2) is 24.3 Å². The topological polar surface area (TPSA) is 4.93 Å². The highest BCUT2D eigenvalue weighted by atomic mass is 14.9. The largest absolute Gasteiger partial charge is 0.348 e. The van der Waals surface area contributed by atoms with Gasteiger partial charge in [0.05, 0.1) is 5.41 Å². The molecule has 1 heterocycles. The zero-order valence-corrected chi connectivity index (χ0v) is 10.3. The molecule has 0 spiro atoms. The van der Waals surface area contributed by atoms with E-state index in [1.54, 1.807) is 0 Å². The predicted octanol–water partition coefficient (Wildman–Crippen LogP) is 3.40. The standard InChI is InChI=1S/C15H17N/c1-6-15(3,4)14-11(2)16(5)13-10-8-7-9-12(13)14/h1,7-10H,2-5H3. The van der Waals surface area contributed by atoms with Gasteiger partial charge in [0.25, 0.3) is 0 Å². The number of para-hydroxylation sites is 1. The Balaban J connectivity index is 2.91. The maximum atomic E-state index is 5.65. The average molecular weight is 211 g/mol. The van der Waals surface area contributed by atoms with Crippen LogP contribution in [0.25, 0.3) is 10.9 Å². The fraction of sp³-hybridized carbons (Fsp3) is 0.333. The summed E-state index contributed by atoms with van der Waals surface area (Å²) in [6.07, 6.45) is 5.65. The van der Waals surface area contributed by atoms with Crippen molar-refractivity contribution in [2.24, 2.45) is 7.05 Å². The third-order valence-electron chi connectivity index (χ3n) is 3.39. The summed E-state index contributed by atoms with van der Waals surface area (Å²) in [6.45, 7) is 6.33. The van der Waals surface area contributed by atoms with E-state index in [4.69, 9.17) is 6.42 Å². The van der Waals surface area contributed by atoms with Gasteiger partial charge in [-0.15, -0.1) is 6.42 Å². The molecule has 0 radical (unpaired) electrons. The Morgan fingerprint density at radius 1 is 1.25 bits per heavy atom. The van der Waals surface area contributed by atoms with Gasteiger partial charge >= 0.3 is 0 Å². The molecule has 2 rings (SSSR count). The normalized spacial score (nSPS) is 11.7. The summed E-state index contributed by atoms with van der Waals surface area (Å²) < 4.78 is 2.21. The quantitative estimate of drug-likeness (QED) is 0.637. The van der Waals surface area contributed by atoms with Gasteiger partial charge in [-0.05, 0) is 32.4 Å². The minimum atomic E-state index is -0.217. The molecule has 0 unspecified atom stereocenters. The molecule has 0 fully saturated rings. The Hall–Kier alpha value is -1.68. The third-order valence-corrected chi connectivity index (χ3v) is 3.39. The summed E-state index contributed by atoms with van der Waals surface area (Å²) in [5.74, 6) is 2.89. The highest BCUT2D eigenvalue weighted by Gasteiger charge is 2.25. The maximum Gasteiger partial charge on any atom is 0.0527 e. The Labute approximate surface area is 97.1 Å². The van der Waals surface area contributed by atoms with Crippen molar-refractivity contribution in [3.05, 3.63) is 35.5 Å². The van der Waals surface area contributed by atoms with Gasteiger partial charge in [0.15, 0.2) is 0 Å². The molecule has 0 aliphatic heterocycles. The molecule has 0 saturated heterocycles. The van der Waals surface area contributed by atoms with Crippen LogP contribution in [0.1, 0.15) is 25.1 Å². The molecule has 0 N–H and O–H groups in total. The van der Waals surface area contributed by atoms with E-state index < -0.39 is 0 Å². The summed E-state index contributed by atoms with van der Waals surface area (Å²) in [5.41, 5.74) is 3.56. The molecule has 0 amide bonds. The molecule has 0 aliphatic rings. The van der Waals surface area contributed by atoms with Gasteiger partial charge in [-0.3, -0.25) is 0 Å². The van der Waals surface area contributed by atoms with E-state index in [0.717, 1.165) is 0 Å². The molecular weight excluding hydrogens is 194 g/mol. The molecule has 82 valence electrons. The first-order valence-corrected chi connectivity index (χ1v) is 5.51. The SMILES string of the molecule is C#CC(C)(C)c1c(C)n(C)c2ccccc12. The van der Waals surface area contributed by atoms with Crippen molar-refractivity contribution in [2.75, 3.05) is 0 Å². The van der Waals surface area contributed by atoms with Gasteiger partial charge in [0.2, 0.25) is 0 Å². The van der Waals surface area contributed by atoms with Crippen molar-refractivity contribution in [3.63, 3.8) is 0 Å². The number of hydrogen-bond acceptors (Lipinski definition) is 0. The number of benzene rings is 1. The monoisotopic (exact) mass is 211 g/mol. The molecule has 1 nitrogen and oxygen atoms in total. The molecule has 1 aromatic carbocycles. The highest BCUT2D eigenvalue weighted by Crippen LogP contribution is 2.34. The van der Waals surface area contributed by atoms with Gasteiger partial charge in [-0.1, -0.05) is 24.1 Å². The van der Waals surface area contributed by atoms with Crippen LogP contribution < -0.4 is 0 Å². The Morgan fingerprint density at radius 2 is 1.88 bits per heavy atom. The third kappa shape index (κ3) is 1.34. The minimum absolute atomic E-state index is 0.217. The zero-order chi connectivity index (χ0) is 11.9. The van der Waals surface area contributed by atoms with E-state index in [0.29, 0.717) is 0 Å². The summed E-state index contributed by atoms with van der Waals surface area (Å²) in [6, 6.07) is 8.42. The zero-order valence-electron chi connectivity index (χ0n) is 10.3. The second-order valence-electron chi connectivity index (χ2n) is 4.81. The van der Waals surface area contributed by atoms with Crippen LogP contribution in [-0.2, 0) is 12.5 Å². The molecule has 1 heteroatoms. The van der Waals surface area contributed by atoms with Gasteiger partial charge in [-0.2, -0.15) is 0 Å². The van der Waals surface area contributed by atoms with E-state index in [-0.39, 0.29) is 5.41 Å². The highest BCUT2D eigenvalue weighted by molar-refractivity contribution is 5.87. The first-order chi connectivity index (χ1) is 7.49.